The van der Waals surface area contributed by atoms with Gasteiger partial charge in [-0.3, -0.25) is 4.21 Å². The molecule has 1 unspecified atom stereocenters. The molecule has 98 valence electrons. The summed E-state index contributed by atoms with van der Waals surface area (Å²) in [5.74, 6) is 0.622. The second kappa shape index (κ2) is 7.67. The fraction of sp³-hybridized carbons (Fsp3) is 0.231. The summed E-state index contributed by atoms with van der Waals surface area (Å²) in [6.45, 7) is 4.00. The molecule has 0 fully saturated rings. The van der Waals surface area contributed by atoms with Crippen LogP contribution in [0.5, 0.6) is 5.75 Å². The molecule has 1 aromatic carbocycles. The summed E-state index contributed by atoms with van der Waals surface area (Å²) in [6.07, 6.45) is 7.09. The molecule has 0 aliphatic carbocycles. The number of hydrogen-bond acceptors (Lipinski definition) is 3. The van der Waals surface area contributed by atoms with E-state index in [1.54, 1.807) is 24.5 Å². The molecule has 2 nitrogen and oxygen atoms in total. The Hall–Kier alpha value is -0.710. The molecule has 0 saturated carbocycles. The lowest BCUT2D eigenvalue weighted by molar-refractivity contribution is 0.363. The van der Waals surface area contributed by atoms with Crippen LogP contribution in [0.3, 0.4) is 0 Å². The molecule has 0 saturated heterocycles. The fourth-order valence-electron chi connectivity index (χ4n) is 1.27. The lowest BCUT2D eigenvalue weighted by Crippen LogP contribution is -1.93. The van der Waals surface area contributed by atoms with Gasteiger partial charge in [0, 0.05) is 6.26 Å². The predicted octanol–water partition coefficient (Wildman–Crippen LogP) is 3.94. The monoisotopic (exact) mass is 302 g/mol. The number of halogens is 1. The molecule has 0 N–H and O–H groups in total. The third-order valence-corrected chi connectivity index (χ3v) is 4.79. The largest absolute Gasteiger partial charge is 0.488 e. The van der Waals surface area contributed by atoms with Gasteiger partial charge in [0.1, 0.15) is 12.4 Å². The highest BCUT2D eigenvalue weighted by Gasteiger charge is 2.04. The maximum absolute atomic E-state index is 11.4. The smallest absolute Gasteiger partial charge is 0.138 e. The van der Waals surface area contributed by atoms with Gasteiger partial charge in [0.2, 0.25) is 0 Å². The van der Waals surface area contributed by atoms with E-state index in [0.717, 1.165) is 9.80 Å². The molecular weight excluding hydrogens is 288 g/mol. The van der Waals surface area contributed by atoms with E-state index in [-0.39, 0.29) is 0 Å². The number of rotatable bonds is 6. The van der Waals surface area contributed by atoms with Gasteiger partial charge < -0.3 is 4.74 Å². The first-order chi connectivity index (χ1) is 8.58. The van der Waals surface area contributed by atoms with E-state index >= 15 is 0 Å². The van der Waals surface area contributed by atoms with Crippen molar-refractivity contribution in [2.45, 2.75) is 0 Å². The summed E-state index contributed by atoms with van der Waals surface area (Å²) in [5, 5.41) is 0.535. The molecule has 0 aliphatic heterocycles. The Kier molecular flexibility index (Phi) is 6.54. The summed E-state index contributed by atoms with van der Waals surface area (Å²) in [4.78, 5) is 0. The third-order valence-electron chi connectivity index (χ3n) is 2.08. The highest BCUT2D eigenvalue weighted by Crippen LogP contribution is 2.28. The highest BCUT2D eigenvalue weighted by molar-refractivity contribution is 8.16. The van der Waals surface area contributed by atoms with Gasteiger partial charge in [0.05, 0.1) is 20.1 Å². The average Bonchev–Trinajstić information content (AvgIpc) is 2.34. The quantitative estimate of drug-likeness (QED) is 0.744. The predicted molar refractivity (Wildman–Crippen MR) is 82.7 cm³/mol. The van der Waals surface area contributed by atoms with Crippen LogP contribution in [0.25, 0.3) is 6.08 Å². The second-order valence-corrected chi connectivity index (χ2v) is 6.27. The Balaban J connectivity index is 2.96. The van der Waals surface area contributed by atoms with Crippen LogP contribution in [-0.2, 0) is 10.8 Å². The van der Waals surface area contributed by atoms with Crippen molar-refractivity contribution in [3.8, 4) is 5.75 Å². The Labute approximate surface area is 120 Å². The minimum atomic E-state index is -0.984. The van der Waals surface area contributed by atoms with Crippen molar-refractivity contribution < 1.29 is 8.95 Å². The molecule has 0 heterocycles. The van der Waals surface area contributed by atoms with Crippen LogP contribution < -0.4 is 4.74 Å². The van der Waals surface area contributed by atoms with Crippen molar-refractivity contribution in [2.75, 3.05) is 19.1 Å². The zero-order chi connectivity index (χ0) is 13.5. The van der Waals surface area contributed by atoms with Crippen LogP contribution in [-0.4, -0.2) is 23.3 Å². The van der Waals surface area contributed by atoms with E-state index in [9.17, 15) is 4.21 Å². The van der Waals surface area contributed by atoms with Crippen LogP contribution in [0.15, 0.2) is 35.1 Å². The van der Waals surface area contributed by atoms with Gasteiger partial charge in [-0.25, -0.2) is 0 Å². The second-order valence-electron chi connectivity index (χ2n) is 3.41. The van der Waals surface area contributed by atoms with Crippen LogP contribution in [0.1, 0.15) is 5.56 Å². The SMILES string of the molecule is C=CCOc1ccc(/C=C(\SC)S(C)=O)cc1Cl. The molecule has 0 aromatic heterocycles. The molecule has 0 bridgehead atoms. The van der Waals surface area contributed by atoms with E-state index in [2.05, 4.69) is 6.58 Å². The maximum Gasteiger partial charge on any atom is 0.138 e. The molecule has 1 atom stereocenters. The van der Waals surface area contributed by atoms with Crippen molar-refractivity contribution in [3.05, 3.63) is 45.7 Å². The summed E-state index contributed by atoms with van der Waals surface area (Å²) < 4.78 is 17.6. The van der Waals surface area contributed by atoms with E-state index < -0.39 is 10.8 Å². The minimum Gasteiger partial charge on any atom is -0.488 e. The first kappa shape index (κ1) is 15.3. The van der Waals surface area contributed by atoms with Crippen molar-refractivity contribution >= 4 is 40.2 Å². The molecule has 0 radical (unpaired) electrons. The first-order valence-corrected chi connectivity index (χ1v) is 8.37. The van der Waals surface area contributed by atoms with Crippen molar-refractivity contribution in [2.24, 2.45) is 0 Å². The molecule has 1 rings (SSSR count). The molecule has 1 aromatic rings. The zero-order valence-corrected chi connectivity index (χ0v) is 12.7. The summed E-state index contributed by atoms with van der Waals surface area (Å²) in [6, 6.07) is 5.48. The standard InChI is InChI=1S/C13H15ClO2S2/c1-4-7-16-12-6-5-10(8-11(12)14)9-13(17-2)18(3)15/h4-6,8-9H,1,7H2,2-3H3/b13-9+. The third kappa shape index (κ3) is 4.52. The number of ether oxygens (including phenoxy) is 1. The summed E-state index contributed by atoms with van der Waals surface area (Å²) in [5.41, 5.74) is 0.908. The summed E-state index contributed by atoms with van der Waals surface area (Å²) >= 11 is 7.57. The van der Waals surface area contributed by atoms with Gasteiger partial charge in [-0.05, 0) is 30.0 Å². The van der Waals surface area contributed by atoms with Crippen LogP contribution >= 0.6 is 23.4 Å². The zero-order valence-electron chi connectivity index (χ0n) is 10.3. The lowest BCUT2D eigenvalue weighted by Gasteiger charge is -2.07. The maximum atomic E-state index is 11.4. The van der Waals surface area contributed by atoms with Gasteiger partial charge in [-0.1, -0.05) is 30.3 Å². The number of benzene rings is 1. The molecule has 0 aliphatic rings. The van der Waals surface area contributed by atoms with Gasteiger partial charge in [0.15, 0.2) is 0 Å². The van der Waals surface area contributed by atoms with Gasteiger partial charge in [-0.2, -0.15) is 0 Å². The van der Waals surface area contributed by atoms with Crippen molar-refractivity contribution in [3.63, 3.8) is 0 Å². The van der Waals surface area contributed by atoms with E-state index in [1.807, 2.05) is 18.4 Å². The van der Waals surface area contributed by atoms with Gasteiger partial charge in [-0.15, -0.1) is 11.8 Å². The topological polar surface area (TPSA) is 26.3 Å². The molecule has 0 amide bonds. The number of hydrogen-bond donors (Lipinski definition) is 0. The minimum absolute atomic E-state index is 0.421. The molecular formula is C13H15ClO2S2. The lowest BCUT2D eigenvalue weighted by atomic mass is 10.2. The number of thioether (sulfide) groups is 1. The highest BCUT2D eigenvalue weighted by atomic mass is 35.5. The Morgan fingerprint density at radius 3 is 2.83 bits per heavy atom. The molecule has 18 heavy (non-hydrogen) atoms. The average molecular weight is 303 g/mol. The van der Waals surface area contributed by atoms with Gasteiger partial charge >= 0.3 is 0 Å². The van der Waals surface area contributed by atoms with Crippen LogP contribution in [0.4, 0.5) is 0 Å². The first-order valence-electron chi connectivity index (χ1n) is 5.21. The normalized spacial score (nSPS) is 13.2. The molecule has 0 spiro atoms. The van der Waals surface area contributed by atoms with Crippen LogP contribution in [0.2, 0.25) is 5.02 Å². The van der Waals surface area contributed by atoms with Crippen molar-refractivity contribution in [1.29, 1.82) is 0 Å². The van der Waals surface area contributed by atoms with E-state index in [0.29, 0.717) is 17.4 Å². The van der Waals surface area contributed by atoms with E-state index in [1.165, 1.54) is 11.8 Å². The Morgan fingerprint density at radius 1 is 1.61 bits per heavy atom. The van der Waals surface area contributed by atoms with Gasteiger partial charge in [0.25, 0.3) is 0 Å². The fourth-order valence-corrected chi connectivity index (χ4v) is 3.01. The van der Waals surface area contributed by atoms with E-state index in [4.69, 9.17) is 16.3 Å². The summed E-state index contributed by atoms with van der Waals surface area (Å²) in [7, 11) is -0.984. The van der Waals surface area contributed by atoms with Crippen LogP contribution in [0, 0.1) is 0 Å². The molecule has 5 heteroatoms. The van der Waals surface area contributed by atoms with Crippen molar-refractivity contribution in [1.82, 2.24) is 0 Å². The Morgan fingerprint density at radius 2 is 2.33 bits per heavy atom. The Bertz CT molecular complexity index is 484.